The monoisotopic (exact) mass is 269 g/mol. The molecule has 1 aliphatic carbocycles. The third-order valence-electron chi connectivity index (χ3n) is 4.17. The van der Waals surface area contributed by atoms with Crippen molar-refractivity contribution in [3.8, 4) is 11.3 Å². The van der Waals surface area contributed by atoms with Crippen LogP contribution in [0.1, 0.15) is 44.9 Å². The van der Waals surface area contributed by atoms with Crippen molar-refractivity contribution in [2.45, 2.75) is 51.0 Å². The van der Waals surface area contributed by atoms with Crippen LogP contribution in [0.3, 0.4) is 0 Å². The van der Waals surface area contributed by atoms with Crippen LogP contribution in [0.5, 0.6) is 0 Å². The second-order valence-electron chi connectivity index (χ2n) is 5.73. The first-order chi connectivity index (χ1) is 9.92. The van der Waals surface area contributed by atoms with Crippen molar-refractivity contribution in [2.24, 2.45) is 0 Å². The molecule has 0 radical (unpaired) electrons. The van der Waals surface area contributed by atoms with Crippen molar-refractivity contribution < 1.29 is 0 Å². The lowest BCUT2D eigenvalue weighted by Crippen LogP contribution is -2.20. The molecule has 3 nitrogen and oxygen atoms in total. The summed E-state index contributed by atoms with van der Waals surface area (Å²) in [4.78, 5) is 0. The zero-order valence-electron chi connectivity index (χ0n) is 11.9. The zero-order valence-corrected chi connectivity index (χ0v) is 11.9. The highest BCUT2D eigenvalue weighted by Crippen LogP contribution is 2.23. The molecule has 1 aliphatic rings. The number of benzene rings is 1. The van der Waals surface area contributed by atoms with Gasteiger partial charge in [0.15, 0.2) is 0 Å². The average molecular weight is 269 g/mol. The second kappa shape index (κ2) is 6.60. The largest absolute Gasteiger partial charge is 0.382 e. The van der Waals surface area contributed by atoms with Crippen LogP contribution in [-0.2, 0) is 0 Å². The third-order valence-corrected chi connectivity index (χ3v) is 4.17. The van der Waals surface area contributed by atoms with Gasteiger partial charge in [0.1, 0.15) is 0 Å². The topological polar surface area (TPSA) is 40.7 Å². The fraction of sp³-hybridized carbons (Fsp3) is 0.471. The quantitative estimate of drug-likeness (QED) is 0.854. The van der Waals surface area contributed by atoms with Crippen LogP contribution in [0.25, 0.3) is 11.3 Å². The highest BCUT2D eigenvalue weighted by Gasteiger charge is 2.11. The molecule has 0 spiro atoms. The number of anilines is 1. The number of hydrogen-bond acceptors (Lipinski definition) is 2. The van der Waals surface area contributed by atoms with Crippen molar-refractivity contribution in [3.05, 3.63) is 36.5 Å². The minimum absolute atomic E-state index is 0.647. The molecule has 106 valence electrons. The lowest BCUT2D eigenvalue weighted by Gasteiger charge is -2.22. The van der Waals surface area contributed by atoms with E-state index in [-0.39, 0.29) is 0 Å². The van der Waals surface area contributed by atoms with E-state index >= 15 is 0 Å². The third kappa shape index (κ3) is 3.41. The smallest absolute Gasteiger partial charge is 0.0650 e. The Balaban J connectivity index is 1.62. The Morgan fingerprint density at radius 3 is 2.25 bits per heavy atom. The molecule has 0 saturated heterocycles. The number of nitrogens with one attached hydrogen (secondary N) is 2. The first-order valence-electron chi connectivity index (χ1n) is 7.78. The number of rotatable bonds is 3. The van der Waals surface area contributed by atoms with Crippen LogP contribution in [0.2, 0.25) is 0 Å². The Morgan fingerprint density at radius 2 is 1.60 bits per heavy atom. The van der Waals surface area contributed by atoms with Crippen LogP contribution in [0.15, 0.2) is 36.5 Å². The minimum Gasteiger partial charge on any atom is -0.382 e. The van der Waals surface area contributed by atoms with E-state index in [1.54, 1.807) is 6.20 Å². The normalized spacial score (nSPS) is 17.4. The summed E-state index contributed by atoms with van der Waals surface area (Å²) in [6.07, 6.45) is 11.4. The molecule has 0 bridgehead atoms. The van der Waals surface area contributed by atoms with Gasteiger partial charge in [0.2, 0.25) is 0 Å². The molecule has 0 amide bonds. The molecule has 2 aromatic rings. The Kier molecular flexibility index (Phi) is 4.36. The van der Waals surface area contributed by atoms with Gasteiger partial charge < -0.3 is 5.32 Å². The fourth-order valence-electron chi connectivity index (χ4n) is 3.00. The number of aromatic amines is 1. The van der Waals surface area contributed by atoms with Crippen molar-refractivity contribution >= 4 is 5.69 Å². The molecule has 1 aromatic heterocycles. The molecule has 3 heteroatoms. The lowest BCUT2D eigenvalue weighted by atomic mass is 9.96. The van der Waals surface area contributed by atoms with E-state index in [0.29, 0.717) is 6.04 Å². The Morgan fingerprint density at radius 1 is 0.900 bits per heavy atom. The summed E-state index contributed by atoms with van der Waals surface area (Å²) in [5, 5.41) is 10.7. The Hall–Kier alpha value is -1.77. The molecule has 3 rings (SSSR count). The van der Waals surface area contributed by atoms with E-state index in [2.05, 4.69) is 39.8 Å². The summed E-state index contributed by atoms with van der Waals surface area (Å²) < 4.78 is 0. The summed E-state index contributed by atoms with van der Waals surface area (Å²) >= 11 is 0. The van der Waals surface area contributed by atoms with Gasteiger partial charge in [0, 0.05) is 17.9 Å². The number of nitrogens with zero attached hydrogens (tertiary/aromatic N) is 1. The molecule has 2 N–H and O–H groups in total. The van der Waals surface area contributed by atoms with Gasteiger partial charge in [-0.15, -0.1) is 0 Å². The molecule has 0 atom stereocenters. The summed E-state index contributed by atoms with van der Waals surface area (Å²) in [5.41, 5.74) is 3.49. The molecule has 0 aliphatic heterocycles. The van der Waals surface area contributed by atoms with Gasteiger partial charge in [0.25, 0.3) is 0 Å². The van der Waals surface area contributed by atoms with Gasteiger partial charge >= 0.3 is 0 Å². The molecule has 0 unspecified atom stereocenters. The summed E-state index contributed by atoms with van der Waals surface area (Å²) in [7, 11) is 0. The number of aromatic nitrogens is 2. The maximum absolute atomic E-state index is 3.99. The van der Waals surface area contributed by atoms with Crippen molar-refractivity contribution in [1.82, 2.24) is 10.2 Å². The first kappa shape index (κ1) is 13.2. The van der Waals surface area contributed by atoms with Gasteiger partial charge in [-0.25, -0.2) is 0 Å². The van der Waals surface area contributed by atoms with Crippen LogP contribution in [-0.4, -0.2) is 16.2 Å². The van der Waals surface area contributed by atoms with E-state index < -0.39 is 0 Å². The standard InChI is InChI=1S/C17H23N3/c1-2-4-6-15(7-5-3-1)19-16-10-8-14(9-11-16)17-12-13-18-20-17/h8-13,15,19H,1-7H2,(H,18,20). The van der Waals surface area contributed by atoms with Crippen LogP contribution in [0.4, 0.5) is 5.69 Å². The molecular weight excluding hydrogens is 246 g/mol. The number of H-pyrrole nitrogens is 1. The molecular formula is C17H23N3. The van der Waals surface area contributed by atoms with E-state index in [4.69, 9.17) is 0 Å². The van der Waals surface area contributed by atoms with E-state index in [0.717, 1.165) is 5.69 Å². The van der Waals surface area contributed by atoms with E-state index in [1.165, 1.54) is 56.2 Å². The van der Waals surface area contributed by atoms with Crippen molar-refractivity contribution in [2.75, 3.05) is 5.32 Å². The first-order valence-corrected chi connectivity index (χ1v) is 7.78. The maximum Gasteiger partial charge on any atom is 0.0650 e. The highest BCUT2D eigenvalue weighted by molar-refractivity contribution is 5.62. The zero-order chi connectivity index (χ0) is 13.6. The molecule has 1 heterocycles. The van der Waals surface area contributed by atoms with Gasteiger partial charge in [-0.1, -0.05) is 44.2 Å². The van der Waals surface area contributed by atoms with E-state index in [9.17, 15) is 0 Å². The maximum atomic E-state index is 3.99. The minimum atomic E-state index is 0.647. The Bertz CT molecular complexity index is 494. The summed E-state index contributed by atoms with van der Waals surface area (Å²) in [5.74, 6) is 0. The lowest BCUT2D eigenvalue weighted by molar-refractivity contribution is 0.471. The van der Waals surface area contributed by atoms with Crippen LogP contribution >= 0.6 is 0 Å². The van der Waals surface area contributed by atoms with Crippen LogP contribution < -0.4 is 5.32 Å². The van der Waals surface area contributed by atoms with Gasteiger partial charge in [-0.05, 0) is 36.6 Å². The Labute approximate surface area is 120 Å². The SMILES string of the molecule is c1cc(-c2ccc(NC3CCCCCCC3)cc2)[nH]n1. The second-order valence-corrected chi connectivity index (χ2v) is 5.73. The number of hydrogen-bond donors (Lipinski definition) is 2. The van der Waals surface area contributed by atoms with E-state index in [1.807, 2.05) is 6.07 Å². The summed E-state index contributed by atoms with van der Waals surface area (Å²) in [6.45, 7) is 0. The van der Waals surface area contributed by atoms with Gasteiger partial charge in [0.05, 0.1) is 5.69 Å². The van der Waals surface area contributed by atoms with Crippen molar-refractivity contribution in [1.29, 1.82) is 0 Å². The predicted octanol–water partition coefficient (Wildman–Crippen LogP) is 4.60. The average Bonchev–Trinajstić information content (AvgIpc) is 2.96. The summed E-state index contributed by atoms with van der Waals surface area (Å²) in [6, 6.07) is 11.3. The fourth-order valence-corrected chi connectivity index (χ4v) is 3.00. The van der Waals surface area contributed by atoms with Crippen LogP contribution in [0, 0.1) is 0 Å². The molecule has 20 heavy (non-hydrogen) atoms. The highest BCUT2D eigenvalue weighted by atomic mass is 15.1. The van der Waals surface area contributed by atoms with Gasteiger partial charge in [-0.2, -0.15) is 5.10 Å². The van der Waals surface area contributed by atoms with Crippen molar-refractivity contribution in [3.63, 3.8) is 0 Å². The van der Waals surface area contributed by atoms with Gasteiger partial charge in [-0.3, -0.25) is 5.10 Å². The predicted molar refractivity (Wildman–Crippen MR) is 83.8 cm³/mol. The molecule has 1 aromatic carbocycles. The molecule has 1 saturated carbocycles. The molecule has 1 fully saturated rings.